The maximum Gasteiger partial charge on any atom is 0.160 e. The van der Waals surface area contributed by atoms with Crippen molar-refractivity contribution < 1.29 is 4.79 Å². The van der Waals surface area contributed by atoms with Gasteiger partial charge in [0.2, 0.25) is 0 Å². The summed E-state index contributed by atoms with van der Waals surface area (Å²) in [5.41, 5.74) is 3.21. The Morgan fingerprint density at radius 1 is 1.11 bits per heavy atom. The molecule has 0 bridgehead atoms. The van der Waals surface area contributed by atoms with E-state index in [1.54, 1.807) is 19.3 Å². The maximum atomic E-state index is 11.8. The summed E-state index contributed by atoms with van der Waals surface area (Å²) in [5, 5.41) is 0.891. The zero-order valence-corrected chi connectivity index (χ0v) is 10.5. The zero-order valence-electron chi connectivity index (χ0n) is 10.5. The summed E-state index contributed by atoms with van der Waals surface area (Å²) in [4.78, 5) is 20.5. The summed E-state index contributed by atoms with van der Waals surface area (Å²) in [6.07, 6.45) is 3.47. The highest BCUT2D eigenvalue weighted by Crippen LogP contribution is 2.24. The summed E-state index contributed by atoms with van der Waals surface area (Å²) >= 11 is 0. The van der Waals surface area contributed by atoms with E-state index in [-0.39, 0.29) is 5.78 Å². The monoisotopic (exact) mass is 248 g/mol. The molecule has 0 amide bonds. The Kier molecular flexibility index (Phi) is 2.80. The van der Waals surface area contributed by atoms with Crippen LogP contribution in [0.2, 0.25) is 0 Å². The fraction of sp³-hybridized carbons (Fsp3) is 0.0625. The number of nitrogens with zero attached hydrogens (tertiary/aromatic N) is 2. The van der Waals surface area contributed by atoms with Crippen molar-refractivity contribution in [1.82, 2.24) is 9.97 Å². The van der Waals surface area contributed by atoms with E-state index in [2.05, 4.69) is 9.97 Å². The van der Waals surface area contributed by atoms with E-state index in [1.807, 2.05) is 42.5 Å². The molecule has 0 unspecified atom stereocenters. The quantitative estimate of drug-likeness (QED) is 0.652. The third-order valence-electron chi connectivity index (χ3n) is 3.05. The summed E-state index contributed by atoms with van der Waals surface area (Å²) in [5.74, 6) is 0.0451. The second-order valence-electron chi connectivity index (χ2n) is 4.37. The molecule has 0 aliphatic rings. The molecule has 0 saturated heterocycles. The number of hydrogen-bond donors (Lipinski definition) is 0. The summed E-state index contributed by atoms with van der Waals surface area (Å²) < 4.78 is 0. The average Bonchev–Trinajstić information content (AvgIpc) is 2.47. The summed E-state index contributed by atoms with van der Waals surface area (Å²) in [6, 6.07) is 13.3. The predicted molar refractivity (Wildman–Crippen MR) is 75.0 cm³/mol. The minimum atomic E-state index is 0.0451. The van der Waals surface area contributed by atoms with Gasteiger partial charge in [-0.15, -0.1) is 0 Å². The van der Waals surface area contributed by atoms with E-state index in [1.165, 1.54) is 0 Å². The molecule has 2 aromatic heterocycles. The van der Waals surface area contributed by atoms with Crippen molar-refractivity contribution in [2.45, 2.75) is 6.92 Å². The molecule has 3 heteroatoms. The Labute approximate surface area is 111 Å². The van der Waals surface area contributed by atoms with Crippen LogP contribution < -0.4 is 0 Å². The minimum Gasteiger partial charge on any atom is -0.294 e. The lowest BCUT2D eigenvalue weighted by molar-refractivity contribution is 0.101. The molecule has 1 aromatic carbocycles. The molecule has 0 saturated carbocycles. The number of carbonyl (C=O) groups is 1. The topological polar surface area (TPSA) is 42.9 Å². The molecule has 0 aliphatic carbocycles. The Balaban J connectivity index is 2.31. The molecule has 3 nitrogen and oxygen atoms in total. The first-order valence-electron chi connectivity index (χ1n) is 6.07. The SMILES string of the molecule is CC(=O)c1cc(-c2cccnc2)nc2ccccc12. The van der Waals surface area contributed by atoms with Crippen LogP contribution in [0, 0.1) is 0 Å². The third kappa shape index (κ3) is 2.10. The van der Waals surface area contributed by atoms with Gasteiger partial charge in [0, 0.05) is 28.9 Å². The van der Waals surface area contributed by atoms with Gasteiger partial charge in [0.25, 0.3) is 0 Å². The lowest BCUT2D eigenvalue weighted by atomic mass is 10.0. The number of carbonyl (C=O) groups excluding carboxylic acids is 1. The molecule has 0 spiro atoms. The number of benzene rings is 1. The van der Waals surface area contributed by atoms with Gasteiger partial charge in [-0.2, -0.15) is 0 Å². The van der Waals surface area contributed by atoms with E-state index in [0.717, 1.165) is 22.2 Å². The third-order valence-corrected chi connectivity index (χ3v) is 3.05. The van der Waals surface area contributed by atoms with E-state index in [4.69, 9.17) is 0 Å². The molecule has 0 fully saturated rings. The first kappa shape index (κ1) is 11.5. The predicted octanol–water partition coefficient (Wildman–Crippen LogP) is 3.50. The van der Waals surface area contributed by atoms with Crippen LogP contribution in [0.3, 0.4) is 0 Å². The number of fused-ring (bicyclic) bond motifs is 1. The maximum absolute atomic E-state index is 11.8. The van der Waals surface area contributed by atoms with E-state index in [9.17, 15) is 4.79 Å². The number of Topliss-reactive ketones (excluding diaryl/α,β-unsaturated/α-hetero) is 1. The minimum absolute atomic E-state index is 0.0451. The number of ketones is 1. The van der Waals surface area contributed by atoms with Gasteiger partial charge in [0.05, 0.1) is 11.2 Å². The second-order valence-corrected chi connectivity index (χ2v) is 4.37. The van der Waals surface area contributed by atoms with Gasteiger partial charge in [-0.3, -0.25) is 9.78 Å². The standard InChI is InChI=1S/C16H12N2O/c1-11(19)14-9-16(12-5-4-8-17-10-12)18-15-7-3-2-6-13(14)15/h2-10H,1H3. The van der Waals surface area contributed by atoms with E-state index < -0.39 is 0 Å². The van der Waals surface area contributed by atoms with Gasteiger partial charge < -0.3 is 0 Å². The van der Waals surface area contributed by atoms with Crippen molar-refractivity contribution in [2.75, 3.05) is 0 Å². The van der Waals surface area contributed by atoms with Crippen molar-refractivity contribution in [2.24, 2.45) is 0 Å². The highest BCUT2D eigenvalue weighted by molar-refractivity contribution is 6.07. The molecule has 0 atom stereocenters. The largest absolute Gasteiger partial charge is 0.294 e. The van der Waals surface area contributed by atoms with Crippen LogP contribution >= 0.6 is 0 Å². The molecule has 2 heterocycles. The fourth-order valence-electron chi connectivity index (χ4n) is 2.13. The Morgan fingerprint density at radius 2 is 1.95 bits per heavy atom. The molecule has 0 N–H and O–H groups in total. The molecule has 3 aromatic rings. The Morgan fingerprint density at radius 3 is 2.68 bits per heavy atom. The molecule has 0 aliphatic heterocycles. The highest BCUT2D eigenvalue weighted by Gasteiger charge is 2.10. The number of aromatic nitrogens is 2. The zero-order chi connectivity index (χ0) is 13.2. The van der Waals surface area contributed by atoms with Crippen molar-refractivity contribution in [3.05, 3.63) is 60.4 Å². The molecule has 3 rings (SSSR count). The molecular weight excluding hydrogens is 236 g/mol. The fourth-order valence-corrected chi connectivity index (χ4v) is 2.13. The van der Waals surface area contributed by atoms with Gasteiger partial charge in [-0.05, 0) is 31.2 Å². The smallest absolute Gasteiger partial charge is 0.160 e. The van der Waals surface area contributed by atoms with Crippen molar-refractivity contribution >= 4 is 16.7 Å². The Bertz CT molecular complexity index is 751. The van der Waals surface area contributed by atoms with Gasteiger partial charge in [-0.25, -0.2) is 4.98 Å². The van der Waals surface area contributed by atoms with Gasteiger partial charge >= 0.3 is 0 Å². The number of para-hydroxylation sites is 1. The first-order valence-corrected chi connectivity index (χ1v) is 6.07. The van der Waals surface area contributed by atoms with Crippen LogP contribution in [0.4, 0.5) is 0 Å². The molecule has 92 valence electrons. The van der Waals surface area contributed by atoms with Crippen LogP contribution in [0.15, 0.2) is 54.9 Å². The van der Waals surface area contributed by atoms with Crippen molar-refractivity contribution in [3.63, 3.8) is 0 Å². The number of rotatable bonds is 2. The van der Waals surface area contributed by atoms with Crippen LogP contribution in [0.25, 0.3) is 22.2 Å². The van der Waals surface area contributed by atoms with E-state index in [0.29, 0.717) is 5.56 Å². The Hall–Kier alpha value is -2.55. The van der Waals surface area contributed by atoms with Gasteiger partial charge in [0.1, 0.15) is 0 Å². The van der Waals surface area contributed by atoms with E-state index >= 15 is 0 Å². The normalized spacial score (nSPS) is 10.6. The molecule has 19 heavy (non-hydrogen) atoms. The summed E-state index contributed by atoms with van der Waals surface area (Å²) in [6.45, 7) is 1.58. The highest BCUT2D eigenvalue weighted by atomic mass is 16.1. The van der Waals surface area contributed by atoms with Crippen LogP contribution in [-0.4, -0.2) is 15.8 Å². The average molecular weight is 248 g/mol. The first-order chi connectivity index (χ1) is 9.25. The van der Waals surface area contributed by atoms with Crippen LogP contribution in [0.5, 0.6) is 0 Å². The van der Waals surface area contributed by atoms with Gasteiger partial charge in [0.15, 0.2) is 5.78 Å². The summed E-state index contributed by atoms with van der Waals surface area (Å²) in [7, 11) is 0. The van der Waals surface area contributed by atoms with Gasteiger partial charge in [-0.1, -0.05) is 18.2 Å². The number of pyridine rings is 2. The lowest BCUT2D eigenvalue weighted by Gasteiger charge is -2.07. The second kappa shape index (κ2) is 4.61. The van der Waals surface area contributed by atoms with Crippen LogP contribution in [-0.2, 0) is 0 Å². The molecular formula is C16H12N2O. The van der Waals surface area contributed by atoms with Crippen molar-refractivity contribution in [1.29, 1.82) is 0 Å². The van der Waals surface area contributed by atoms with Crippen LogP contribution in [0.1, 0.15) is 17.3 Å². The number of hydrogen-bond acceptors (Lipinski definition) is 3. The lowest BCUT2D eigenvalue weighted by Crippen LogP contribution is -1.97. The molecule has 0 radical (unpaired) electrons. The van der Waals surface area contributed by atoms with Crippen molar-refractivity contribution in [3.8, 4) is 11.3 Å².